The summed E-state index contributed by atoms with van der Waals surface area (Å²) in [4.78, 5) is 14.2. The Bertz CT molecular complexity index is 338. The first-order chi connectivity index (χ1) is 10.7. The van der Waals surface area contributed by atoms with Gasteiger partial charge in [0, 0.05) is 38.7 Å². The summed E-state index contributed by atoms with van der Waals surface area (Å²) in [5.41, 5.74) is 5.43. The highest BCUT2D eigenvalue weighted by atomic mass is 16.5. The topological polar surface area (TPSA) is 67.6 Å². The van der Waals surface area contributed by atoms with E-state index in [0.717, 1.165) is 32.0 Å². The lowest BCUT2D eigenvalue weighted by molar-refractivity contribution is -0.121. The molecule has 0 aliphatic carbocycles. The van der Waals surface area contributed by atoms with Crippen LogP contribution in [0.1, 0.15) is 51.9 Å². The molecule has 2 rings (SSSR count). The third-order valence-corrected chi connectivity index (χ3v) is 5.08. The molecule has 2 saturated heterocycles. The van der Waals surface area contributed by atoms with Crippen LogP contribution in [0.5, 0.6) is 0 Å². The van der Waals surface area contributed by atoms with Gasteiger partial charge in [-0.15, -0.1) is 0 Å². The highest BCUT2D eigenvalue weighted by molar-refractivity contribution is 5.76. The molecule has 2 fully saturated rings. The van der Waals surface area contributed by atoms with Crippen molar-refractivity contribution in [3.8, 4) is 0 Å². The smallest absolute Gasteiger partial charge is 0.221 e. The van der Waals surface area contributed by atoms with Crippen molar-refractivity contribution in [3.05, 3.63) is 0 Å². The number of nitrogens with zero attached hydrogens (tertiary/aromatic N) is 1. The van der Waals surface area contributed by atoms with Gasteiger partial charge in [-0.2, -0.15) is 0 Å². The molecule has 0 aromatic heterocycles. The van der Waals surface area contributed by atoms with Gasteiger partial charge in [0.15, 0.2) is 0 Å². The molecule has 3 N–H and O–H groups in total. The number of ether oxygens (including phenoxy) is 1. The van der Waals surface area contributed by atoms with Crippen LogP contribution in [0.3, 0.4) is 0 Å². The zero-order valence-electron chi connectivity index (χ0n) is 14.1. The minimum atomic E-state index is 0.0881. The van der Waals surface area contributed by atoms with E-state index in [1.807, 2.05) is 0 Å². The Kier molecular flexibility index (Phi) is 7.63. The van der Waals surface area contributed by atoms with Crippen LogP contribution in [0.4, 0.5) is 0 Å². The van der Waals surface area contributed by atoms with Gasteiger partial charge in [0.1, 0.15) is 0 Å². The van der Waals surface area contributed by atoms with Crippen LogP contribution >= 0.6 is 0 Å². The summed E-state index contributed by atoms with van der Waals surface area (Å²) < 4.78 is 5.79. The normalized spacial score (nSPS) is 30.2. The van der Waals surface area contributed by atoms with E-state index in [0.29, 0.717) is 25.1 Å². The fourth-order valence-corrected chi connectivity index (χ4v) is 3.72. The molecule has 0 radical (unpaired) electrons. The summed E-state index contributed by atoms with van der Waals surface area (Å²) in [7, 11) is 0. The largest absolute Gasteiger partial charge is 0.378 e. The van der Waals surface area contributed by atoms with Crippen molar-refractivity contribution in [2.45, 2.75) is 64.0 Å². The predicted octanol–water partition coefficient (Wildman–Crippen LogP) is 1.51. The molecular formula is C17H33N3O2. The molecule has 0 aromatic carbocycles. The third kappa shape index (κ3) is 5.52. The molecule has 2 aliphatic rings. The molecule has 3 unspecified atom stereocenters. The van der Waals surface area contributed by atoms with Gasteiger partial charge in [-0.1, -0.05) is 13.3 Å². The van der Waals surface area contributed by atoms with Crippen LogP contribution < -0.4 is 11.1 Å². The van der Waals surface area contributed by atoms with Crippen LogP contribution in [0, 0.1) is 5.92 Å². The Morgan fingerprint density at radius 2 is 2.23 bits per heavy atom. The maximum absolute atomic E-state index is 11.6. The zero-order valence-corrected chi connectivity index (χ0v) is 14.1. The van der Waals surface area contributed by atoms with Crippen LogP contribution in [0.25, 0.3) is 0 Å². The first-order valence-electron chi connectivity index (χ1n) is 9.05. The molecule has 1 amide bonds. The molecule has 0 spiro atoms. The first kappa shape index (κ1) is 17.7. The highest BCUT2D eigenvalue weighted by Crippen LogP contribution is 2.26. The summed E-state index contributed by atoms with van der Waals surface area (Å²) in [6.07, 6.45) is 8.14. The molecule has 22 heavy (non-hydrogen) atoms. The maximum atomic E-state index is 11.6. The van der Waals surface area contributed by atoms with Crippen molar-refractivity contribution in [3.63, 3.8) is 0 Å². The summed E-state index contributed by atoms with van der Waals surface area (Å²) in [5.74, 6) is 0.837. The lowest BCUT2D eigenvalue weighted by Crippen LogP contribution is -2.49. The van der Waals surface area contributed by atoms with Gasteiger partial charge in [-0.25, -0.2) is 0 Å². The zero-order chi connectivity index (χ0) is 15.8. The fraction of sp³-hybridized carbons (Fsp3) is 0.941. The van der Waals surface area contributed by atoms with Gasteiger partial charge < -0.3 is 15.8 Å². The van der Waals surface area contributed by atoms with E-state index < -0.39 is 0 Å². The molecule has 5 nitrogen and oxygen atoms in total. The lowest BCUT2D eigenvalue weighted by atomic mass is 9.92. The molecule has 5 heteroatoms. The number of hydrogen-bond donors (Lipinski definition) is 2. The maximum Gasteiger partial charge on any atom is 0.221 e. The highest BCUT2D eigenvalue weighted by Gasteiger charge is 2.28. The van der Waals surface area contributed by atoms with Gasteiger partial charge in [0.2, 0.25) is 5.91 Å². The standard InChI is InChI=1S/C17H33N3O2/c1-2-16-11-14(7-10-22-16)13-20-9-4-3-5-15(20)12-19-17(21)6-8-18/h14-16H,2-13,18H2,1H3,(H,19,21). The summed E-state index contributed by atoms with van der Waals surface area (Å²) in [6, 6.07) is 0.499. The Labute approximate surface area is 134 Å². The van der Waals surface area contributed by atoms with E-state index in [-0.39, 0.29) is 5.91 Å². The van der Waals surface area contributed by atoms with Gasteiger partial charge in [0.25, 0.3) is 0 Å². The summed E-state index contributed by atoms with van der Waals surface area (Å²) in [6.45, 7) is 6.67. The molecule has 2 heterocycles. The number of carbonyl (C=O) groups excluding carboxylic acids is 1. The monoisotopic (exact) mass is 311 g/mol. The SMILES string of the molecule is CCC1CC(CN2CCCCC2CNC(=O)CCN)CCO1. The number of piperidine rings is 1. The number of likely N-dealkylation sites (tertiary alicyclic amines) is 1. The van der Waals surface area contributed by atoms with Crippen molar-refractivity contribution < 1.29 is 9.53 Å². The Morgan fingerprint density at radius 3 is 3.00 bits per heavy atom. The molecular weight excluding hydrogens is 278 g/mol. The number of carbonyl (C=O) groups is 1. The van der Waals surface area contributed by atoms with Crippen LogP contribution in [-0.2, 0) is 9.53 Å². The number of nitrogens with one attached hydrogen (secondary N) is 1. The quantitative estimate of drug-likeness (QED) is 0.748. The molecule has 2 aliphatic heterocycles. The van der Waals surface area contributed by atoms with Crippen molar-refractivity contribution in [1.82, 2.24) is 10.2 Å². The molecule has 0 saturated carbocycles. The van der Waals surface area contributed by atoms with E-state index in [2.05, 4.69) is 17.1 Å². The number of hydrogen-bond acceptors (Lipinski definition) is 4. The van der Waals surface area contributed by atoms with Crippen LogP contribution in [-0.4, -0.2) is 55.7 Å². The van der Waals surface area contributed by atoms with Gasteiger partial charge in [-0.05, 0) is 44.6 Å². The van der Waals surface area contributed by atoms with Crippen molar-refractivity contribution >= 4 is 5.91 Å². The van der Waals surface area contributed by atoms with Gasteiger partial charge in [0.05, 0.1) is 6.10 Å². The first-order valence-corrected chi connectivity index (χ1v) is 9.05. The van der Waals surface area contributed by atoms with Gasteiger partial charge in [-0.3, -0.25) is 9.69 Å². The van der Waals surface area contributed by atoms with E-state index in [1.54, 1.807) is 0 Å². The van der Waals surface area contributed by atoms with E-state index >= 15 is 0 Å². The minimum Gasteiger partial charge on any atom is -0.378 e. The molecule has 3 atom stereocenters. The van der Waals surface area contributed by atoms with Crippen molar-refractivity contribution in [1.29, 1.82) is 0 Å². The van der Waals surface area contributed by atoms with E-state index in [9.17, 15) is 4.79 Å². The minimum absolute atomic E-state index is 0.0881. The average molecular weight is 311 g/mol. The van der Waals surface area contributed by atoms with Crippen molar-refractivity contribution in [2.75, 3.05) is 32.8 Å². The van der Waals surface area contributed by atoms with E-state index in [4.69, 9.17) is 10.5 Å². The third-order valence-electron chi connectivity index (χ3n) is 5.08. The average Bonchev–Trinajstić information content (AvgIpc) is 2.54. The van der Waals surface area contributed by atoms with E-state index in [1.165, 1.54) is 38.6 Å². The number of rotatable bonds is 7. The van der Waals surface area contributed by atoms with Crippen molar-refractivity contribution in [2.24, 2.45) is 11.7 Å². The second kappa shape index (κ2) is 9.48. The number of amides is 1. The van der Waals surface area contributed by atoms with Crippen LogP contribution in [0.15, 0.2) is 0 Å². The van der Waals surface area contributed by atoms with Crippen LogP contribution in [0.2, 0.25) is 0 Å². The Morgan fingerprint density at radius 1 is 1.36 bits per heavy atom. The van der Waals surface area contributed by atoms with Gasteiger partial charge >= 0.3 is 0 Å². The molecule has 128 valence electrons. The second-order valence-electron chi connectivity index (χ2n) is 6.78. The molecule has 0 aromatic rings. The lowest BCUT2D eigenvalue weighted by Gasteiger charge is -2.40. The Hall–Kier alpha value is -0.650. The Balaban J connectivity index is 1.80. The summed E-state index contributed by atoms with van der Waals surface area (Å²) >= 11 is 0. The predicted molar refractivity (Wildman–Crippen MR) is 88.6 cm³/mol. The summed E-state index contributed by atoms with van der Waals surface area (Å²) in [5, 5.41) is 3.06. The number of nitrogens with two attached hydrogens (primary N) is 1. The second-order valence-corrected chi connectivity index (χ2v) is 6.78. The fourth-order valence-electron chi connectivity index (χ4n) is 3.72. The molecule has 0 bridgehead atoms.